The van der Waals surface area contributed by atoms with Crippen molar-refractivity contribution in [3.63, 3.8) is 0 Å². The van der Waals surface area contributed by atoms with E-state index in [9.17, 15) is 14.3 Å². The van der Waals surface area contributed by atoms with Gasteiger partial charge >= 0.3 is 6.03 Å². The van der Waals surface area contributed by atoms with Crippen LogP contribution in [-0.4, -0.2) is 29.8 Å². The van der Waals surface area contributed by atoms with Crippen molar-refractivity contribution in [2.45, 2.75) is 45.1 Å². The average Bonchev–Trinajstić information content (AvgIpc) is 2.44. The maximum Gasteiger partial charge on any atom is 0.315 e. The van der Waals surface area contributed by atoms with E-state index < -0.39 is 5.54 Å². The molecule has 4 nitrogen and oxygen atoms in total. The molecule has 118 valence electrons. The van der Waals surface area contributed by atoms with Crippen LogP contribution in [0, 0.1) is 5.82 Å². The van der Waals surface area contributed by atoms with Crippen LogP contribution in [0.25, 0.3) is 0 Å². The van der Waals surface area contributed by atoms with E-state index >= 15 is 0 Å². The van der Waals surface area contributed by atoms with E-state index in [-0.39, 0.29) is 18.5 Å². The molecule has 1 aromatic rings. The number of carbonyl (C=O) groups excluding carboxylic acids is 1. The molecule has 0 aromatic heterocycles. The van der Waals surface area contributed by atoms with Crippen LogP contribution >= 0.6 is 0 Å². The lowest BCUT2D eigenvalue weighted by Crippen LogP contribution is -2.52. The van der Waals surface area contributed by atoms with E-state index in [0.717, 1.165) is 24.8 Å². The van der Waals surface area contributed by atoms with E-state index in [0.29, 0.717) is 13.0 Å². The molecule has 21 heavy (non-hydrogen) atoms. The normalized spacial score (nSPS) is 13.5. The van der Waals surface area contributed by atoms with Gasteiger partial charge in [0.05, 0.1) is 12.1 Å². The molecule has 0 bridgehead atoms. The quantitative estimate of drug-likeness (QED) is 0.646. The molecule has 0 spiro atoms. The molecule has 0 radical (unpaired) electrons. The Bertz CT molecular complexity index is 454. The van der Waals surface area contributed by atoms with Gasteiger partial charge in [-0.25, -0.2) is 9.18 Å². The third-order valence-corrected chi connectivity index (χ3v) is 3.38. The zero-order valence-corrected chi connectivity index (χ0v) is 12.8. The van der Waals surface area contributed by atoms with Gasteiger partial charge in [-0.05, 0) is 43.9 Å². The number of urea groups is 1. The van der Waals surface area contributed by atoms with Gasteiger partial charge in [0.1, 0.15) is 5.82 Å². The summed E-state index contributed by atoms with van der Waals surface area (Å²) in [6.07, 6.45) is 3.06. The number of carbonyl (C=O) groups is 1. The first kappa shape index (κ1) is 17.4. The second-order valence-corrected chi connectivity index (χ2v) is 5.58. The number of hydrogen-bond acceptors (Lipinski definition) is 2. The summed E-state index contributed by atoms with van der Waals surface area (Å²) in [6, 6.07) is 6.19. The Hall–Kier alpha value is -1.62. The summed E-state index contributed by atoms with van der Waals surface area (Å²) in [4.78, 5) is 11.8. The van der Waals surface area contributed by atoms with Crippen molar-refractivity contribution in [1.82, 2.24) is 10.6 Å². The summed E-state index contributed by atoms with van der Waals surface area (Å²) >= 11 is 0. The standard InChI is InChI=1S/C16H25FN2O2/c1-3-9-16(2,12-20)19-15(21)18-10-5-7-13-6-4-8-14(17)11-13/h4,6,8,11,20H,3,5,7,9-10,12H2,1-2H3,(H2,18,19,21). The maximum atomic E-state index is 13.0. The molecular weight excluding hydrogens is 271 g/mol. The lowest BCUT2D eigenvalue weighted by Gasteiger charge is -2.28. The van der Waals surface area contributed by atoms with Gasteiger partial charge in [0.2, 0.25) is 0 Å². The Morgan fingerprint density at radius 1 is 1.43 bits per heavy atom. The van der Waals surface area contributed by atoms with Crippen molar-refractivity contribution in [1.29, 1.82) is 0 Å². The number of benzene rings is 1. The predicted molar refractivity (Wildman–Crippen MR) is 81.7 cm³/mol. The van der Waals surface area contributed by atoms with E-state index in [1.807, 2.05) is 19.9 Å². The number of rotatable bonds is 8. The van der Waals surface area contributed by atoms with Crippen molar-refractivity contribution in [2.75, 3.05) is 13.2 Å². The smallest absolute Gasteiger partial charge is 0.315 e. The molecule has 2 amide bonds. The Morgan fingerprint density at radius 2 is 2.19 bits per heavy atom. The van der Waals surface area contributed by atoms with Gasteiger partial charge in [0, 0.05) is 6.54 Å². The lowest BCUT2D eigenvalue weighted by atomic mass is 9.98. The first-order valence-electron chi connectivity index (χ1n) is 7.40. The fourth-order valence-electron chi connectivity index (χ4n) is 2.24. The molecule has 5 heteroatoms. The number of aliphatic hydroxyl groups is 1. The Kier molecular flexibility index (Phi) is 7.15. The highest BCUT2D eigenvalue weighted by atomic mass is 19.1. The summed E-state index contributed by atoms with van der Waals surface area (Å²) in [7, 11) is 0. The minimum absolute atomic E-state index is 0.0858. The van der Waals surface area contributed by atoms with Crippen molar-refractivity contribution in [3.8, 4) is 0 Å². The van der Waals surface area contributed by atoms with Crippen LogP contribution in [0.2, 0.25) is 0 Å². The minimum atomic E-state index is -0.582. The number of nitrogens with one attached hydrogen (secondary N) is 2. The molecule has 0 aliphatic heterocycles. The van der Waals surface area contributed by atoms with Gasteiger partial charge in [0.15, 0.2) is 0 Å². The average molecular weight is 296 g/mol. The second kappa shape index (κ2) is 8.62. The SMILES string of the molecule is CCCC(C)(CO)NC(=O)NCCCc1cccc(F)c1. The van der Waals surface area contributed by atoms with Gasteiger partial charge in [0.25, 0.3) is 0 Å². The Morgan fingerprint density at radius 3 is 2.81 bits per heavy atom. The zero-order valence-electron chi connectivity index (χ0n) is 12.8. The molecular formula is C16H25FN2O2. The molecule has 1 aromatic carbocycles. The molecule has 0 aliphatic carbocycles. The van der Waals surface area contributed by atoms with Gasteiger partial charge in [-0.15, -0.1) is 0 Å². The molecule has 0 fully saturated rings. The predicted octanol–water partition coefficient (Wildman–Crippen LogP) is 2.61. The van der Waals surface area contributed by atoms with Crippen LogP contribution in [0.15, 0.2) is 24.3 Å². The van der Waals surface area contributed by atoms with E-state index in [1.165, 1.54) is 12.1 Å². The van der Waals surface area contributed by atoms with Crippen molar-refractivity contribution < 1.29 is 14.3 Å². The summed E-state index contributed by atoms with van der Waals surface area (Å²) in [5.41, 5.74) is 0.338. The number of halogens is 1. The second-order valence-electron chi connectivity index (χ2n) is 5.58. The summed E-state index contributed by atoms with van der Waals surface area (Å²) in [5, 5.41) is 14.9. The number of hydrogen-bond donors (Lipinski definition) is 3. The number of aryl methyl sites for hydroxylation is 1. The van der Waals surface area contributed by atoms with Crippen LogP contribution in [-0.2, 0) is 6.42 Å². The first-order valence-corrected chi connectivity index (χ1v) is 7.40. The fourth-order valence-corrected chi connectivity index (χ4v) is 2.24. The van der Waals surface area contributed by atoms with Crippen LogP contribution in [0.1, 0.15) is 38.7 Å². The van der Waals surface area contributed by atoms with E-state index in [1.54, 1.807) is 6.07 Å². The molecule has 3 N–H and O–H groups in total. The topological polar surface area (TPSA) is 61.4 Å². The number of amides is 2. The summed E-state index contributed by atoms with van der Waals surface area (Å²) in [5.74, 6) is -0.239. The monoisotopic (exact) mass is 296 g/mol. The third kappa shape index (κ3) is 6.58. The van der Waals surface area contributed by atoms with Crippen molar-refractivity contribution >= 4 is 6.03 Å². The Labute approximate surface area is 125 Å². The van der Waals surface area contributed by atoms with Gasteiger partial charge in [-0.3, -0.25) is 0 Å². The van der Waals surface area contributed by atoms with Crippen LogP contribution in [0.3, 0.4) is 0 Å². The van der Waals surface area contributed by atoms with Gasteiger partial charge in [-0.1, -0.05) is 25.5 Å². The van der Waals surface area contributed by atoms with E-state index in [4.69, 9.17) is 0 Å². The molecule has 0 saturated carbocycles. The van der Waals surface area contributed by atoms with Gasteiger partial charge < -0.3 is 15.7 Å². The highest BCUT2D eigenvalue weighted by Crippen LogP contribution is 2.10. The molecule has 1 rings (SSSR count). The molecule has 0 heterocycles. The summed E-state index contributed by atoms with van der Waals surface area (Å²) in [6.45, 7) is 4.25. The van der Waals surface area contributed by atoms with Crippen LogP contribution < -0.4 is 10.6 Å². The first-order chi connectivity index (χ1) is 9.99. The van der Waals surface area contributed by atoms with Crippen molar-refractivity contribution in [2.24, 2.45) is 0 Å². The minimum Gasteiger partial charge on any atom is -0.394 e. The van der Waals surface area contributed by atoms with Crippen LogP contribution in [0.4, 0.5) is 9.18 Å². The Balaban J connectivity index is 2.27. The molecule has 1 unspecified atom stereocenters. The molecule has 0 aliphatic rings. The highest BCUT2D eigenvalue weighted by molar-refractivity contribution is 5.74. The maximum absolute atomic E-state index is 13.0. The molecule has 0 saturated heterocycles. The number of aliphatic hydroxyl groups excluding tert-OH is 1. The van der Waals surface area contributed by atoms with E-state index in [2.05, 4.69) is 10.6 Å². The largest absolute Gasteiger partial charge is 0.394 e. The van der Waals surface area contributed by atoms with Crippen molar-refractivity contribution in [3.05, 3.63) is 35.6 Å². The van der Waals surface area contributed by atoms with Crippen LogP contribution in [0.5, 0.6) is 0 Å². The lowest BCUT2D eigenvalue weighted by molar-refractivity contribution is 0.163. The highest BCUT2D eigenvalue weighted by Gasteiger charge is 2.23. The molecule has 1 atom stereocenters. The zero-order chi connectivity index (χ0) is 15.7. The summed E-state index contributed by atoms with van der Waals surface area (Å²) < 4.78 is 13.0. The fraction of sp³-hybridized carbons (Fsp3) is 0.562. The van der Waals surface area contributed by atoms with Gasteiger partial charge in [-0.2, -0.15) is 0 Å². The third-order valence-electron chi connectivity index (χ3n) is 3.38.